The maximum absolute atomic E-state index is 5.54. The zero-order chi connectivity index (χ0) is 13.1. The molecule has 1 aromatic heterocycles. The second kappa shape index (κ2) is 5.49. The molecule has 100 valence electrons. The van der Waals surface area contributed by atoms with Gasteiger partial charge in [0, 0.05) is 31.4 Å². The van der Waals surface area contributed by atoms with Gasteiger partial charge in [0.25, 0.3) is 0 Å². The molecule has 0 amide bonds. The predicted octanol–water partition coefficient (Wildman–Crippen LogP) is 2.39. The van der Waals surface area contributed by atoms with Gasteiger partial charge in [-0.15, -0.1) is 0 Å². The van der Waals surface area contributed by atoms with Gasteiger partial charge in [0.05, 0.1) is 6.61 Å². The van der Waals surface area contributed by atoms with Crippen molar-refractivity contribution in [3.05, 3.63) is 53.3 Å². The normalized spacial score (nSPS) is 13.3. The van der Waals surface area contributed by atoms with E-state index in [2.05, 4.69) is 46.4 Å². The van der Waals surface area contributed by atoms with E-state index >= 15 is 0 Å². The molecule has 3 nitrogen and oxygen atoms in total. The molecule has 2 aromatic rings. The molecule has 1 N–H and O–H groups in total. The first-order chi connectivity index (χ1) is 9.36. The van der Waals surface area contributed by atoms with E-state index in [-0.39, 0.29) is 0 Å². The van der Waals surface area contributed by atoms with Crippen LogP contribution in [0.3, 0.4) is 0 Å². The standard InChI is InChI=1S/C16H20N2O/c1-17-12-15-3-2-8-18(15)9-6-13-4-5-16-14(11-13)7-10-19-16/h2-5,8,11,17H,6-7,9-10,12H2,1H3. The first-order valence-corrected chi connectivity index (χ1v) is 6.90. The van der Waals surface area contributed by atoms with Crippen molar-refractivity contribution in [2.24, 2.45) is 0 Å². The van der Waals surface area contributed by atoms with Gasteiger partial charge in [-0.25, -0.2) is 0 Å². The monoisotopic (exact) mass is 256 g/mol. The van der Waals surface area contributed by atoms with E-state index in [1.54, 1.807) is 0 Å². The van der Waals surface area contributed by atoms with Crippen LogP contribution in [0.25, 0.3) is 0 Å². The maximum Gasteiger partial charge on any atom is 0.122 e. The van der Waals surface area contributed by atoms with Crippen LogP contribution in [-0.4, -0.2) is 18.2 Å². The van der Waals surface area contributed by atoms with Crippen LogP contribution in [0.15, 0.2) is 36.5 Å². The molecule has 1 aromatic carbocycles. The molecular formula is C16H20N2O. The number of aromatic nitrogens is 1. The minimum atomic E-state index is 0.836. The summed E-state index contributed by atoms with van der Waals surface area (Å²) in [5, 5.41) is 3.21. The maximum atomic E-state index is 5.54. The van der Waals surface area contributed by atoms with E-state index in [1.165, 1.54) is 16.8 Å². The molecule has 0 fully saturated rings. The third kappa shape index (κ3) is 2.66. The smallest absolute Gasteiger partial charge is 0.122 e. The highest BCUT2D eigenvalue weighted by Gasteiger charge is 2.11. The number of rotatable bonds is 5. The van der Waals surface area contributed by atoms with Crippen LogP contribution in [0.5, 0.6) is 5.75 Å². The Morgan fingerprint density at radius 3 is 3.16 bits per heavy atom. The average molecular weight is 256 g/mol. The highest BCUT2D eigenvalue weighted by atomic mass is 16.5. The number of ether oxygens (including phenoxy) is 1. The number of hydrogen-bond acceptors (Lipinski definition) is 2. The zero-order valence-electron chi connectivity index (χ0n) is 11.4. The van der Waals surface area contributed by atoms with Crippen molar-refractivity contribution in [3.63, 3.8) is 0 Å². The molecule has 1 aliphatic heterocycles. The van der Waals surface area contributed by atoms with Crippen molar-refractivity contribution in [3.8, 4) is 5.75 Å². The predicted molar refractivity (Wildman–Crippen MR) is 76.5 cm³/mol. The summed E-state index contributed by atoms with van der Waals surface area (Å²) in [6.07, 6.45) is 4.28. The molecule has 0 saturated carbocycles. The SMILES string of the molecule is CNCc1cccn1CCc1ccc2c(c1)CCO2. The Morgan fingerprint density at radius 1 is 1.32 bits per heavy atom. The number of hydrogen-bond donors (Lipinski definition) is 1. The van der Waals surface area contributed by atoms with E-state index in [0.717, 1.165) is 38.3 Å². The number of nitrogens with one attached hydrogen (secondary N) is 1. The molecule has 0 aliphatic carbocycles. The van der Waals surface area contributed by atoms with Crippen LogP contribution < -0.4 is 10.1 Å². The molecule has 3 rings (SSSR count). The lowest BCUT2D eigenvalue weighted by Crippen LogP contribution is -2.11. The fourth-order valence-electron chi connectivity index (χ4n) is 2.65. The van der Waals surface area contributed by atoms with E-state index in [1.807, 2.05) is 7.05 Å². The summed E-state index contributed by atoms with van der Waals surface area (Å²) in [5.74, 6) is 1.07. The summed E-state index contributed by atoms with van der Waals surface area (Å²) >= 11 is 0. The lowest BCUT2D eigenvalue weighted by atomic mass is 10.1. The third-order valence-electron chi connectivity index (χ3n) is 3.68. The highest BCUT2D eigenvalue weighted by Crippen LogP contribution is 2.26. The van der Waals surface area contributed by atoms with Crippen LogP contribution in [0.4, 0.5) is 0 Å². The van der Waals surface area contributed by atoms with Crippen LogP contribution >= 0.6 is 0 Å². The van der Waals surface area contributed by atoms with Crippen molar-refractivity contribution in [1.29, 1.82) is 0 Å². The zero-order valence-corrected chi connectivity index (χ0v) is 11.4. The minimum absolute atomic E-state index is 0.836. The Hall–Kier alpha value is -1.74. The van der Waals surface area contributed by atoms with Crippen molar-refractivity contribution < 1.29 is 4.74 Å². The molecule has 0 bridgehead atoms. The molecule has 19 heavy (non-hydrogen) atoms. The van der Waals surface area contributed by atoms with Gasteiger partial charge in [0.1, 0.15) is 5.75 Å². The first-order valence-electron chi connectivity index (χ1n) is 6.90. The van der Waals surface area contributed by atoms with E-state index in [9.17, 15) is 0 Å². The molecule has 3 heteroatoms. The summed E-state index contributed by atoms with van der Waals surface area (Å²) in [6, 6.07) is 10.9. The van der Waals surface area contributed by atoms with Gasteiger partial charge in [-0.1, -0.05) is 12.1 Å². The van der Waals surface area contributed by atoms with Gasteiger partial charge < -0.3 is 14.6 Å². The number of benzene rings is 1. The van der Waals surface area contributed by atoms with Crippen molar-refractivity contribution >= 4 is 0 Å². The average Bonchev–Trinajstić information content (AvgIpc) is 3.05. The van der Waals surface area contributed by atoms with E-state index in [4.69, 9.17) is 4.74 Å². The van der Waals surface area contributed by atoms with Crippen molar-refractivity contribution in [2.75, 3.05) is 13.7 Å². The highest BCUT2D eigenvalue weighted by molar-refractivity contribution is 5.39. The summed E-state index contributed by atoms with van der Waals surface area (Å²) < 4.78 is 7.86. The summed E-state index contributed by atoms with van der Waals surface area (Å²) in [6.45, 7) is 2.79. The van der Waals surface area contributed by atoms with Crippen molar-refractivity contribution in [2.45, 2.75) is 25.9 Å². The summed E-state index contributed by atoms with van der Waals surface area (Å²) in [5.41, 5.74) is 4.10. The molecular weight excluding hydrogens is 236 g/mol. The largest absolute Gasteiger partial charge is 0.493 e. The van der Waals surface area contributed by atoms with Crippen LogP contribution in [0, 0.1) is 0 Å². The lowest BCUT2D eigenvalue weighted by Gasteiger charge is -2.09. The number of aryl methyl sites for hydroxylation is 2. The molecule has 0 unspecified atom stereocenters. The van der Waals surface area contributed by atoms with Gasteiger partial charge in [-0.2, -0.15) is 0 Å². The molecule has 2 heterocycles. The molecule has 0 saturated heterocycles. The van der Waals surface area contributed by atoms with Gasteiger partial charge in [-0.3, -0.25) is 0 Å². The molecule has 0 spiro atoms. The van der Waals surface area contributed by atoms with E-state index < -0.39 is 0 Å². The quantitative estimate of drug-likeness (QED) is 0.889. The summed E-state index contributed by atoms with van der Waals surface area (Å²) in [7, 11) is 1.98. The van der Waals surface area contributed by atoms with Crippen molar-refractivity contribution in [1.82, 2.24) is 9.88 Å². The van der Waals surface area contributed by atoms with Gasteiger partial charge >= 0.3 is 0 Å². The topological polar surface area (TPSA) is 26.2 Å². The van der Waals surface area contributed by atoms with Gasteiger partial charge in [0.15, 0.2) is 0 Å². The lowest BCUT2D eigenvalue weighted by molar-refractivity contribution is 0.357. The van der Waals surface area contributed by atoms with Crippen LogP contribution in [0.2, 0.25) is 0 Å². The minimum Gasteiger partial charge on any atom is -0.493 e. The molecule has 0 atom stereocenters. The number of nitrogens with zero attached hydrogens (tertiary/aromatic N) is 1. The van der Waals surface area contributed by atoms with Crippen LogP contribution in [-0.2, 0) is 25.9 Å². The summed E-state index contributed by atoms with van der Waals surface area (Å²) in [4.78, 5) is 0. The first kappa shape index (κ1) is 12.3. The second-order valence-corrected chi connectivity index (χ2v) is 5.01. The third-order valence-corrected chi connectivity index (χ3v) is 3.68. The second-order valence-electron chi connectivity index (χ2n) is 5.01. The van der Waals surface area contributed by atoms with Crippen LogP contribution in [0.1, 0.15) is 16.8 Å². The van der Waals surface area contributed by atoms with E-state index in [0.29, 0.717) is 0 Å². The Morgan fingerprint density at radius 2 is 2.26 bits per heavy atom. The van der Waals surface area contributed by atoms with Gasteiger partial charge in [-0.05, 0) is 42.8 Å². The van der Waals surface area contributed by atoms with Gasteiger partial charge in [0.2, 0.25) is 0 Å². The Bertz CT molecular complexity index is 560. The Balaban J connectivity index is 1.67. The number of fused-ring (bicyclic) bond motifs is 1. The fourth-order valence-corrected chi connectivity index (χ4v) is 2.65. The Kier molecular flexibility index (Phi) is 3.56. The molecule has 0 radical (unpaired) electrons. The Labute approximate surface area is 114 Å². The molecule has 1 aliphatic rings. The fraction of sp³-hybridized carbons (Fsp3) is 0.375.